The molecule has 0 spiro atoms. The number of aromatic nitrogens is 2. The molecular formula is C35H35N2+. The van der Waals surface area contributed by atoms with Gasteiger partial charge in [0, 0.05) is 16.8 Å². The molecule has 4 aliphatic rings. The lowest BCUT2D eigenvalue weighted by molar-refractivity contribution is -0.643. The molecule has 2 nitrogen and oxygen atoms in total. The maximum absolute atomic E-state index is 2.67. The van der Waals surface area contributed by atoms with E-state index in [1.165, 1.54) is 98.8 Å². The molecule has 0 saturated heterocycles. The largest absolute Gasteiger partial charge is 0.307 e. The first-order chi connectivity index (χ1) is 17.9. The minimum absolute atomic E-state index is 0.356. The van der Waals surface area contributed by atoms with E-state index >= 15 is 0 Å². The highest BCUT2D eigenvalue weighted by Gasteiger charge is 2.52. The van der Waals surface area contributed by atoms with E-state index in [0.717, 1.165) is 17.8 Å². The fourth-order valence-corrected chi connectivity index (χ4v) is 10.1. The quantitative estimate of drug-likeness (QED) is 0.127. The molecule has 3 aromatic heterocycles. The number of hydrogen-bond donors (Lipinski definition) is 0. The molecular weight excluding hydrogens is 448 g/mol. The number of fused-ring (bicyclic) bond motifs is 6. The van der Waals surface area contributed by atoms with E-state index in [2.05, 4.69) is 85.4 Å². The summed E-state index contributed by atoms with van der Waals surface area (Å²) in [5.41, 5.74) is 11.8. The summed E-state index contributed by atoms with van der Waals surface area (Å²) in [6.45, 7) is 6.92. The zero-order chi connectivity index (χ0) is 24.8. The minimum Gasteiger partial charge on any atom is -0.307 e. The fourth-order valence-electron chi connectivity index (χ4n) is 10.1. The van der Waals surface area contributed by atoms with Gasteiger partial charge in [0.05, 0.1) is 27.3 Å². The van der Waals surface area contributed by atoms with Crippen LogP contribution in [0.3, 0.4) is 0 Å². The van der Waals surface area contributed by atoms with Crippen molar-refractivity contribution in [2.45, 2.75) is 64.7 Å². The van der Waals surface area contributed by atoms with Crippen LogP contribution in [0.15, 0.2) is 48.7 Å². The molecule has 3 heterocycles. The third-order valence-corrected chi connectivity index (χ3v) is 11.1. The van der Waals surface area contributed by atoms with Crippen molar-refractivity contribution in [1.82, 2.24) is 4.40 Å². The number of pyridine rings is 2. The maximum Gasteiger partial charge on any atom is 0.224 e. The standard InChI is InChI=1S/C35H35N2/c1-19-11-20(2)32-29(21(19)3)33-30-25(9-10-36(33)4)15-27(31-26-7-5-6-8-28(26)37(32)34(30)31)35-16-22-12-23(17-35)14-24(13-22)18-35/h5-11,15,22-24H,12-14,16-18H2,1-4H3/q+1. The summed E-state index contributed by atoms with van der Waals surface area (Å²) in [6.07, 6.45) is 11.0. The summed E-state index contributed by atoms with van der Waals surface area (Å²) in [6, 6.07) is 16.7. The Labute approximate surface area is 218 Å². The lowest BCUT2D eigenvalue weighted by atomic mass is 9.47. The van der Waals surface area contributed by atoms with Crippen molar-refractivity contribution < 1.29 is 4.57 Å². The number of rotatable bonds is 1. The highest BCUT2D eigenvalue weighted by molar-refractivity contribution is 6.28. The topological polar surface area (TPSA) is 8.29 Å². The van der Waals surface area contributed by atoms with Crippen molar-refractivity contribution in [3.05, 3.63) is 70.9 Å². The first kappa shape index (κ1) is 20.9. The van der Waals surface area contributed by atoms with E-state index in [9.17, 15) is 0 Å². The van der Waals surface area contributed by atoms with Crippen LogP contribution in [0.25, 0.3) is 49.0 Å². The molecule has 4 fully saturated rings. The minimum atomic E-state index is 0.356. The summed E-state index contributed by atoms with van der Waals surface area (Å²) < 4.78 is 5.05. The van der Waals surface area contributed by atoms with Gasteiger partial charge < -0.3 is 4.40 Å². The lowest BCUT2D eigenvalue weighted by Crippen LogP contribution is -2.48. The molecule has 37 heavy (non-hydrogen) atoms. The molecule has 2 heteroatoms. The van der Waals surface area contributed by atoms with Gasteiger partial charge in [-0.3, -0.25) is 0 Å². The van der Waals surface area contributed by atoms with E-state index in [1.807, 2.05) is 0 Å². The second-order valence-electron chi connectivity index (χ2n) is 13.3. The molecule has 10 rings (SSSR count). The maximum atomic E-state index is 2.67. The Balaban J connectivity index is 1.58. The Kier molecular flexibility index (Phi) is 3.75. The summed E-state index contributed by atoms with van der Waals surface area (Å²) in [5, 5.41) is 7.31. The highest BCUT2D eigenvalue weighted by atomic mass is 15.0. The molecule has 6 aromatic rings. The van der Waals surface area contributed by atoms with Gasteiger partial charge in [-0.2, -0.15) is 0 Å². The number of benzene rings is 3. The molecule has 3 aromatic carbocycles. The number of aryl methyl sites for hydroxylation is 4. The second-order valence-corrected chi connectivity index (χ2v) is 13.3. The van der Waals surface area contributed by atoms with Gasteiger partial charge in [0.25, 0.3) is 0 Å². The smallest absolute Gasteiger partial charge is 0.224 e. The predicted molar refractivity (Wildman–Crippen MR) is 154 cm³/mol. The molecule has 0 atom stereocenters. The normalized spacial score (nSPS) is 27.2. The molecule has 4 bridgehead atoms. The SMILES string of the molecule is Cc1cc(C)c2c(c1C)c1c3c(cc[n+]1C)cc(C14CC5CC(CC(C5)C1)C4)c1c4ccccc4n2c13. The summed E-state index contributed by atoms with van der Waals surface area (Å²) in [7, 11) is 2.24. The van der Waals surface area contributed by atoms with Crippen LogP contribution in [-0.4, -0.2) is 4.40 Å². The third-order valence-electron chi connectivity index (χ3n) is 11.1. The van der Waals surface area contributed by atoms with Crippen molar-refractivity contribution >= 4 is 49.0 Å². The fraction of sp³-hybridized carbons (Fsp3) is 0.400. The first-order valence-electron chi connectivity index (χ1n) is 14.4. The molecule has 184 valence electrons. The van der Waals surface area contributed by atoms with E-state index in [0.29, 0.717) is 5.41 Å². The highest BCUT2D eigenvalue weighted by Crippen LogP contribution is 2.62. The summed E-state index contributed by atoms with van der Waals surface area (Å²) in [4.78, 5) is 0. The Morgan fingerprint density at radius 3 is 2.22 bits per heavy atom. The van der Waals surface area contributed by atoms with E-state index in [1.54, 1.807) is 10.9 Å². The summed E-state index contributed by atoms with van der Waals surface area (Å²) >= 11 is 0. The van der Waals surface area contributed by atoms with Crippen LogP contribution in [0.5, 0.6) is 0 Å². The van der Waals surface area contributed by atoms with Gasteiger partial charge in [0.15, 0.2) is 6.20 Å². The lowest BCUT2D eigenvalue weighted by Gasteiger charge is -2.57. The monoisotopic (exact) mass is 483 g/mol. The molecule has 0 unspecified atom stereocenters. The average molecular weight is 484 g/mol. The van der Waals surface area contributed by atoms with Crippen LogP contribution < -0.4 is 4.57 Å². The van der Waals surface area contributed by atoms with Crippen molar-refractivity contribution in [3.8, 4) is 0 Å². The van der Waals surface area contributed by atoms with Crippen LogP contribution in [0, 0.1) is 38.5 Å². The molecule has 0 radical (unpaired) electrons. The van der Waals surface area contributed by atoms with Crippen molar-refractivity contribution in [2.24, 2.45) is 24.8 Å². The van der Waals surface area contributed by atoms with E-state index in [4.69, 9.17) is 0 Å². The number of nitrogens with zero attached hydrogens (tertiary/aromatic N) is 2. The van der Waals surface area contributed by atoms with Gasteiger partial charge >= 0.3 is 0 Å². The van der Waals surface area contributed by atoms with Gasteiger partial charge in [0.2, 0.25) is 5.52 Å². The third kappa shape index (κ3) is 2.42. The van der Waals surface area contributed by atoms with Crippen molar-refractivity contribution in [2.75, 3.05) is 0 Å². The number of hydrogen-bond acceptors (Lipinski definition) is 0. The van der Waals surface area contributed by atoms with Gasteiger partial charge in [-0.1, -0.05) is 24.3 Å². The van der Waals surface area contributed by atoms with Gasteiger partial charge in [-0.05, 0) is 122 Å². The van der Waals surface area contributed by atoms with E-state index in [-0.39, 0.29) is 0 Å². The molecule has 0 aliphatic heterocycles. The van der Waals surface area contributed by atoms with Gasteiger partial charge in [0.1, 0.15) is 7.05 Å². The molecule has 4 aliphatic carbocycles. The van der Waals surface area contributed by atoms with E-state index < -0.39 is 0 Å². The molecule has 0 N–H and O–H groups in total. The molecule has 4 saturated carbocycles. The average Bonchev–Trinajstić information content (AvgIpc) is 3.21. The van der Waals surface area contributed by atoms with Crippen LogP contribution >= 0.6 is 0 Å². The van der Waals surface area contributed by atoms with Crippen LogP contribution in [-0.2, 0) is 12.5 Å². The Morgan fingerprint density at radius 1 is 0.784 bits per heavy atom. The first-order valence-corrected chi connectivity index (χ1v) is 14.4. The van der Waals surface area contributed by atoms with Crippen LogP contribution in [0.2, 0.25) is 0 Å². The number of para-hydroxylation sites is 1. The second kappa shape index (κ2) is 6.65. The molecule has 0 amide bonds. The van der Waals surface area contributed by atoms with Crippen molar-refractivity contribution in [3.63, 3.8) is 0 Å². The predicted octanol–water partition coefficient (Wildman–Crippen LogP) is 8.21. The Bertz CT molecular complexity index is 1920. The van der Waals surface area contributed by atoms with Crippen LogP contribution in [0.4, 0.5) is 0 Å². The van der Waals surface area contributed by atoms with Crippen LogP contribution in [0.1, 0.15) is 60.8 Å². The Hall–Kier alpha value is -3.13. The summed E-state index contributed by atoms with van der Waals surface area (Å²) in [5.74, 6) is 2.82. The zero-order valence-electron chi connectivity index (χ0n) is 22.5. The zero-order valence-corrected chi connectivity index (χ0v) is 22.5. The van der Waals surface area contributed by atoms with Gasteiger partial charge in [-0.25, -0.2) is 4.57 Å². The van der Waals surface area contributed by atoms with Gasteiger partial charge in [-0.15, -0.1) is 0 Å². The Morgan fingerprint density at radius 2 is 1.49 bits per heavy atom. The van der Waals surface area contributed by atoms with Crippen molar-refractivity contribution in [1.29, 1.82) is 0 Å².